The molecule has 1 heterocycles. The predicted octanol–water partition coefficient (Wildman–Crippen LogP) is 0.844. The molecule has 0 spiro atoms. The molecule has 0 aliphatic rings. The lowest BCUT2D eigenvalue weighted by atomic mass is 10.3. The molecule has 0 fully saturated rings. The second-order valence-corrected chi connectivity index (χ2v) is 6.06. The summed E-state index contributed by atoms with van der Waals surface area (Å²) in [5.74, 6) is 5.11. The lowest BCUT2D eigenvalue weighted by Crippen LogP contribution is -2.36. The first-order chi connectivity index (χ1) is 8.93. The van der Waals surface area contributed by atoms with Crippen molar-refractivity contribution in [2.75, 3.05) is 13.2 Å². The van der Waals surface area contributed by atoms with Crippen molar-refractivity contribution in [3.8, 4) is 11.8 Å². The summed E-state index contributed by atoms with van der Waals surface area (Å²) in [7, 11) is -3.56. The summed E-state index contributed by atoms with van der Waals surface area (Å²) in [6, 6.07) is 1.35. The van der Waals surface area contributed by atoms with Gasteiger partial charge >= 0.3 is 0 Å². The molecule has 0 saturated heterocycles. The van der Waals surface area contributed by atoms with Crippen molar-refractivity contribution >= 4 is 10.0 Å². The number of hydrogen-bond donors (Lipinski definition) is 1. The second kappa shape index (κ2) is 6.66. The molecule has 0 radical (unpaired) electrons. The van der Waals surface area contributed by atoms with E-state index in [2.05, 4.69) is 16.8 Å². The maximum atomic E-state index is 12.4. The van der Waals surface area contributed by atoms with Crippen molar-refractivity contribution in [1.29, 1.82) is 0 Å². The maximum Gasteiger partial charge on any atom is 0.244 e. The Hall–Kier alpha value is -1.42. The van der Waals surface area contributed by atoms with Gasteiger partial charge in [-0.05, 0) is 19.9 Å². The van der Waals surface area contributed by atoms with E-state index in [1.165, 1.54) is 22.8 Å². The van der Waals surface area contributed by atoms with Crippen molar-refractivity contribution in [2.24, 2.45) is 0 Å². The summed E-state index contributed by atoms with van der Waals surface area (Å²) in [6.45, 7) is 5.56. The Bertz CT molecular complexity index is 585. The minimum Gasteiger partial charge on any atom is -0.384 e. The van der Waals surface area contributed by atoms with Crippen molar-refractivity contribution < 1.29 is 13.5 Å². The molecular weight excluding hydrogens is 264 g/mol. The lowest BCUT2D eigenvalue weighted by molar-refractivity contribution is 0.350. The van der Waals surface area contributed by atoms with E-state index in [-0.39, 0.29) is 17.5 Å². The van der Waals surface area contributed by atoms with Crippen LogP contribution in [-0.4, -0.2) is 42.0 Å². The second-order valence-electron chi connectivity index (χ2n) is 4.17. The van der Waals surface area contributed by atoms with Crippen LogP contribution in [0.25, 0.3) is 0 Å². The molecule has 0 bridgehead atoms. The highest BCUT2D eigenvalue weighted by Gasteiger charge is 2.25. The predicted molar refractivity (Wildman–Crippen MR) is 72.9 cm³/mol. The molecule has 0 aliphatic heterocycles. The van der Waals surface area contributed by atoms with Crippen LogP contribution >= 0.6 is 0 Å². The summed E-state index contributed by atoms with van der Waals surface area (Å²) in [4.78, 5) is 4.01. The number of sulfonamides is 1. The van der Waals surface area contributed by atoms with E-state index in [1.807, 2.05) is 13.8 Å². The van der Waals surface area contributed by atoms with E-state index in [4.69, 9.17) is 5.11 Å². The third-order valence-electron chi connectivity index (χ3n) is 2.52. The van der Waals surface area contributed by atoms with Crippen molar-refractivity contribution in [3.63, 3.8) is 0 Å². The average molecular weight is 282 g/mol. The maximum absolute atomic E-state index is 12.4. The Morgan fingerprint density at radius 3 is 2.63 bits per heavy atom. The van der Waals surface area contributed by atoms with E-state index in [9.17, 15) is 8.42 Å². The first-order valence-corrected chi connectivity index (χ1v) is 7.44. The standard InChI is InChI=1S/C13H18N2O3S/c1-4-15(11(2)3)19(17,18)13-8-12(6-5-7-16)9-14-10-13/h8-11,16H,4,7H2,1-3H3. The van der Waals surface area contributed by atoms with Gasteiger partial charge in [-0.3, -0.25) is 4.98 Å². The summed E-state index contributed by atoms with van der Waals surface area (Å²) < 4.78 is 26.2. The Balaban J connectivity index is 3.22. The van der Waals surface area contributed by atoms with Gasteiger partial charge in [0.1, 0.15) is 11.5 Å². The van der Waals surface area contributed by atoms with E-state index < -0.39 is 10.0 Å². The zero-order chi connectivity index (χ0) is 14.5. The number of pyridine rings is 1. The summed E-state index contributed by atoms with van der Waals surface area (Å²) in [6.07, 6.45) is 2.78. The van der Waals surface area contributed by atoms with Gasteiger partial charge in [0.25, 0.3) is 0 Å². The van der Waals surface area contributed by atoms with Crippen LogP contribution < -0.4 is 0 Å². The molecule has 104 valence electrons. The molecular formula is C13H18N2O3S. The molecule has 19 heavy (non-hydrogen) atoms. The van der Waals surface area contributed by atoms with Gasteiger partial charge in [0.2, 0.25) is 10.0 Å². The molecule has 0 saturated carbocycles. The Labute approximate surface area is 114 Å². The van der Waals surface area contributed by atoms with Crippen LogP contribution in [0.3, 0.4) is 0 Å². The number of hydrogen-bond acceptors (Lipinski definition) is 4. The zero-order valence-electron chi connectivity index (χ0n) is 11.3. The van der Waals surface area contributed by atoms with E-state index in [0.29, 0.717) is 12.1 Å². The fraction of sp³-hybridized carbons (Fsp3) is 0.462. The number of rotatable bonds is 4. The number of aliphatic hydroxyl groups excluding tert-OH is 1. The van der Waals surface area contributed by atoms with Gasteiger partial charge in [-0.2, -0.15) is 4.31 Å². The van der Waals surface area contributed by atoms with E-state index in [1.54, 1.807) is 6.92 Å². The number of aromatic nitrogens is 1. The molecule has 6 heteroatoms. The molecule has 1 aromatic rings. The number of aliphatic hydroxyl groups is 1. The molecule has 1 aromatic heterocycles. The lowest BCUT2D eigenvalue weighted by Gasteiger charge is -2.24. The first-order valence-electron chi connectivity index (χ1n) is 6.00. The summed E-state index contributed by atoms with van der Waals surface area (Å²) in [5.41, 5.74) is 0.468. The van der Waals surface area contributed by atoms with Gasteiger partial charge in [0, 0.05) is 30.5 Å². The number of nitrogens with zero attached hydrogens (tertiary/aromatic N) is 2. The van der Waals surface area contributed by atoms with Gasteiger partial charge in [0.15, 0.2) is 0 Å². The van der Waals surface area contributed by atoms with Crippen LogP contribution in [0.15, 0.2) is 23.4 Å². The van der Waals surface area contributed by atoms with Crippen LogP contribution in [0, 0.1) is 11.8 Å². The summed E-state index contributed by atoms with van der Waals surface area (Å²) in [5, 5.41) is 8.64. The Morgan fingerprint density at radius 2 is 2.11 bits per heavy atom. The molecule has 1 rings (SSSR count). The van der Waals surface area contributed by atoms with Gasteiger partial charge in [0.05, 0.1) is 0 Å². The fourth-order valence-electron chi connectivity index (χ4n) is 1.72. The largest absolute Gasteiger partial charge is 0.384 e. The van der Waals surface area contributed by atoms with Gasteiger partial charge in [-0.15, -0.1) is 0 Å². The van der Waals surface area contributed by atoms with Gasteiger partial charge < -0.3 is 5.11 Å². The monoisotopic (exact) mass is 282 g/mol. The summed E-state index contributed by atoms with van der Waals surface area (Å²) >= 11 is 0. The first kappa shape index (κ1) is 15.6. The van der Waals surface area contributed by atoms with Crippen molar-refractivity contribution in [3.05, 3.63) is 24.0 Å². The average Bonchev–Trinajstić information content (AvgIpc) is 2.36. The highest BCUT2D eigenvalue weighted by atomic mass is 32.2. The van der Waals surface area contributed by atoms with Crippen LogP contribution in [0.2, 0.25) is 0 Å². The molecule has 0 aliphatic carbocycles. The smallest absolute Gasteiger partial charge is 0.244 e. The minimum atomic E-state index is -3.56. The van der Waals surface area contributed by atoms with Crippen LogP contribution in [0.4, 0.5) is 0 Å². The SMILES string of the molecule is CCN(C(C)C)S(=O)(=O)c1cncc(C#CCO)c1. The van der Waals surface area contributed by atoms with Crippen LogP contribution in [0.5, 0.6) is 0 Å². The highest BCUT2D eigenvalue weighted by molar-refractivity contribution is 7.89. The van der Waals surface area contributed by atoms with Crippen molar-refractivity contribution in [2.45, 2.75) is 31.7 Å². The highest BCUT2D eigenvalue weighted by Crippen LogP contribution is 2.17. The molecule has 5 nitrogen and oxygen atoms in total. The molecule has 0 unspecified atom stereocenters. The van der Waals surface area contributed by atoms with Crippen LogP contribution in [0.1, 0.15) is 26.3 Å². The molecule has 0 atom stereocenters. The Kier molecular flexibility index (Phi) is 5.48. The van der Waals surface area contributed by atoms with Crippen molar-refractivity contribution in [1.82, 2.24) is 9.29 Å². The zero-order valence-corrected chi connectivity index (χ0v) is 12.1. The quantitative estimate of drug-likeness (QED) is 0.831. The topological polar surface area (TPSA) is 70.5 Å². The van der Waals surface area contributed by atoms with E-state index in [0.717, 1.165) is 0 Å². The molecule has 1 N–H and O–H groups in total. The third kappa shape index (κ3) is 3.77. The molecule has 0 aromatic carbocycles. The van der Waals surface area contributed by atoms with Crippen LogP contribution in [-0.2, 0) is 10.0 Å². The van der Waals surface area contributed by atoms with Gasteiger partial charge in [-0.1, -0.05) is 18.8 Å². The minimum absolute atomic E-state index is 0.118. The Morgan fingerprint density at radius 1 is 1.42 bits per heavy atom. The fourth-order valence-corrected chi connectivity index (χ4v) is 3.35. The third-order valence-corrected chi connectivity index (χ3v) is 4.64. The van der Waals surface area contributed by atoms with E-state index >= 15 is 0 Å². The normalized spacial score (nSPS) is 11.5. The van der Waals surface area contributed by atoms with Gasteiger partial charge in [-0.25, -0.2) is 8.42 Å². The molecule has 0 amide bonds.